The topological polar surface area (TPSA) is 60.2 Å². The number of ether oxygens (including phenoxy) is 1. The molecule has 0 aliphatic heterocycles. The van der Waals surface area contributed by atoms with Crippen LogP contribution in [0.1, 0.15) is 29.3 Å². The van der Waals surface area contributed by atoms with E-state index in [9.17, 15) is 0 Å². The number of thiazole rings is 1. The molecule has 0 saturated heterocycles. The summed E-state index contributed by atoms with van der Waals surface area (Å²) in [5, 5.41) is 1.05. The van der Waals surface area contributed by atoms with E-state index >= 15 is 0 Å². The molecule has 1 rings (SSSR count). The highest BCUT2D eigenvalue weighted by Gasteiger charge is 2.12. The number of nitrogens with two attached hydrogens (primary N) is 1. The van der Waals surface area contributed by atoms with Crippen LogP contribution in [0, 0.1) is 6.92 Å². The lowest BCUT2D eigenvalue weighted by molar-refractivity contribution is 0.113. The van der Waals surface area contributed by atoms with Gasteiger partial charge in [0.1, 0.15) is 0 Å². The molecule has 0 radical (unpaired) electrons. The zero-order valence-corrected chi connectivity index (χ0v) is 9.43. The number of hydrogen-bond acceptors (Lipinski definition) is 5. The molecule has 0 spiro atoms. The summed E-state index contributed by atoms with van der Waals surface area (Å²) in [7, 11) is 0. The van der Waals surface area contributed by atoms with E-state index in [1.165, 1.54) is 0 Å². The highest BCUT2D eigenvalue weighted by atomic mass is 32.1. The Bertz CT molecular complexity index is 264. The van der Waals surface area contributed by atoms with Crippen LogP contribution < -0.4 is 11.3 Å². The molecule has 0 fully saturated rings. The maximum absolute atomic E-state index is 5.45. The van der Waals surface area contributed by atoms with E-state index in [2.05, 4.69) is 17.3 Å². The van der Waals surface area contributed by atoms with Crippen molar-refractivity contribution in [3.63, 3.8) is 0 Å². The minimum atomic E-state index is 0.0627. The predicted octanol–water partition coefficient (Wildman–Crippen LogP) is 1.38. The minimum absolute atomic E-state index is 0.0627. The average Bonchev–Trinajstić information content (AvgIpc) is 2.60. The van der Waals surface area contributed by atoms with Gasteiger partial charge in [-0.15, -0.1) is 11.3 Å². The van der Waals surface area contributed by atoms with E-state index in [0.717, 1.165) is 22.9 Å². The van der Waals surface area contributed by atoms with Gasteiger partial charge in [-0.3, -0.25) is 5.84 Å². The second-order valence-electron chi connectivity index (χ2n) is 3.08. The zero-order chi connectivity index (χ0) is 10.4. The molecule has 0 amide bonds. The maximum Gasteiger partial charge on any atom is 0.0897 e. The van der Waals surface area contributed by atoms with Crippen molar-refractivity contribution in [2.75, 3.05) is 13.2 Å². The lowest BCUT2D eigenvalue weighted by Gasteiger charge is -2.13. The summed E-state index contributed by atoms with van der Waals surface area (Å²) in [5.74, 6) is 5.45. The number of aromatic nitrogens is 1. The number of rotatable bonds is 6. The highest BCUT2D eigenvalue weighted by Crippen LogP contribution is 2.19. The smallest absolute Gasteiger partial charge is 0.0897 e. The average molecular weight is 215 g/mol. The van der Waals surface area contributed by atoms with Crippen LogP contribution >= 0.6 is 11.3 Å². The van der Waals surface area contributed by atoms with Crippen LogP contribution in [0.5, 0.6) is 0 Å². The Kier molecular flexibility index (Phi) is 5.03. The Hall–Kier alpha value is -0.490. The lowest BCUT2D eigenvalue weighted by atomic mass is 10.3. The van der Waals surface area contributed by atoms with Crippen LogP contribution in [0.3, 0.4) is 0 Å². The molecule has 1 heterocycles. The highest BCUT2D eigenvalue weighted by molar-refractivity contribution is 7.11. The lowest BCUT2D eigenvalue weighted by Crippen LogP contribution is -2.30. The van der Waals surface area contributed by atoms with Crippen molar-refractivity contribution in [1.29, 1.82) is 0 Å². The third-order valence-electron chi connectivity index (χ3n) is 1.82. The van der Waals surface area contributed by atoms with E-state index in [0.29, 0.717) is 6.61 Å². The van der Waals surface area contributed by atoms with Crippen LogP contribution in [0.25, 0.3) is 0 Å². The predicted molar refractivity (Wildman–Crippen MR) is 58.0 cm³/mol. The molecule has 0 saturated carbocycles. The number of hydrazine groups is 1. The van der Waals surface area contributed by atoms with Gasteiger partial charge in [0, 0.05) is 17.7 Å². The zero-order valence-electron chi connectivity index (χ0n) is 8.62. The summed E-state index contributed by atoms with van der Waals surface area (Å²) in [6.45, 7) is 5.44. The molecule has 80 valence electrons. The summed E-state index contributed by atoms with van der Waals surface area (Å²) in [6.07, 6.45) is 2.87. The van der Waals surface area contributed by atoms with Crippen LogP contribution in [0.2, 0.25) is 0 Å². The van der Waals surface area contributed by atoms with Gasteiger partial charge < -0.3 is 4.74 Å². The van der Waals surface area contributed by atoms with Gasteiger partial charge in [-0.2, -0.15) is 0 Å². The fourth-order valence-electron chi connectivity index (χ4n) is 1.10. The van der Waals surface area contributed by atoms with Gasteiger partial charge in [0.15, 0.2) is 0 Å². The van der Waals surface area contributed by atoms with Crippen molar-refractivity contribution in [1.82, 2.24) is 10.4 Å². The van der Waals surface area contributed by atoms with Gasteiger partial charge in [-0.1, -0.05) is 6.92 Å². The summed E-state index contributed by atoms with van der Waals surface area (Å²) in [6, 6.07) is 0.0627. The van der Waals surface area contributed by atoms with Gasteiger partial charge in [-0.25, -0.2) is 10.4 Å². The first-order chi connectivity index (χ1) is 6.77. The Morgan fingerprint density at radius 3 is 3.00 bits per heavy atom. The SMILES string of the molecule is CCCOCC(NN)c1cnc(C)s1. The summed E-state index contributed by atoms with van der Waals surface area (Å²) >= 11 is 1.64. The van der Waals surface area contributed by atoms with Crippen LogP contribution in [0.15, 0.2) is 6.20 Å². The van der Waals surface area contributed by atoms with Gasteiger partial charge in [-0.05, 0) is 13.3 Å². The van der Waals surface area contributed by atoms with Crippen molar-refractivity contribution in [2.24, 2.45) is 5.84 Å². The molecular formula is C9H17N3OS. The summed E-state index contributed by atoms with van der Waals surface area (Å²) in [4.78, 5) is 5.31. The Morgan fingerprint density at radius 2 is 2.50 bits per heavy atom. The van der Waals surface area contributed by atoms with Crippen LogP contribution in [0.4, 0.5) is 0 Å². The number of hydrogen-bond donors (Lipinski definition) is 2. The van der Waals surface area contributed by atoms with Gasteiger partial charge in [0.2, 0.25) is 0 Å². The largest absolute Gasteiger partial charge is 0.379 e. The molecule has 3 N–H and O–H groups in total. The van der Waals surface area contributed by atoms with E-state index < -0.39 is 0 Å². The molecular weight excluding hydrogens is 198 g/mol. The first-order valence-electron chi connectivity index (χ1n) is 4.74. The molecule has 0 bridgehead atoms. The van der Waals surface area contributed by atoms with E-state index in [4.69, 9.17) is 10.6 Å². The monoisotopic (exact) mass is 215 g/mol. The van der Waals surface area contributed by atoms with E-state index in [1.807, 2.05) is 13.1 Å². The van der Waals surface area contributed by atoms with Gasteiger partial charge >= 0.3 is 0 Å². The fourth-order valence-corrected chi connectivity index (χ4v) is 1.93. The maximum atomic E-state index is 5.45. The van der Waals surface area contributed by atoms with Gasteiger partial charge in [0.25, 0.3) is 0 Å². The van der Waals surface area contributed by atoms with Crippen molar-refractivity contribution >= 4 is 11.3 Å². The quantitative estimate of drug-likeness (QED) is 0.427. The molecule has 1 aromatic heterocycles. The van der Waals surface area contributed by atoms with Crippen molar-refractivity contribution in [3.05, 3.63) is 16.1 Å². The summed E-state index contributed by atoms with van der Waals surface area (Å²) < 4.78 is 5.44. The van der Waals surface area contributed by atoms with E-state index in [-0.39, 0.29) is 6.04 Å². The van der Waals surface area contributed by atoms with Crippen molar-refractivity contribution in [3.8, 4) is 0 Å². The molecule has 4 nitrogen and oxygen atoms in total. The third-order valence-corrected chi connectivity index (χ3v) is 2.84. The van der Waals surface area contributed by atoms with Crippen molar-refractivity contribution in [2.45, 2.75) is 26.3 Å². The first kappa shape index (κ1) is 11.6. The van der Waals surface area contributed by atoms with Crippen LogP contribution in [-0.2, 0) is 4.74 Å². The molecule has 1 aromatic rings. The van der Waals surface area contributed by atoms with E-state index in [1.54, 1.807) is 11.3 Å². The second kappa shape index (κ2) is 6.08. The number of nitrogens with one attached hydrogen (secondary N) is 1. The standard InChI is InChI=1S/C9H17N3OS/c1-3-4-13-6-8(12-10)9-5-11-7(2)14-9/h5,8,12H,3-4,6,10H2,1-2H3. The van der Waals surface area contributed by atoms with Crippen LogP contribution in [-0.4, -0.2) is 18.2 Å². The van der Waals surface area contributed by atoms with Crippen molar-refractivity contribution < 1.29 is 4.74 Å². The molecule has 5 heteroatoms. The number of nitrogens with zero attached hydrogens (tertiary/aromatic N) is 1. The first-order valence-corrected chi connectivity index (χ1v) is 5.55. The number of aryl methyl sites for hydroxylation is 1. The third kappa shape index (κ3) is 3.34. The molecule has 14 heavy (non-hydrogen) atoms. The molecule has 1 atom stereocenters. The Balaban J connectivity index is 2.45. The molecule has 0 aliphatic rings. The fraction of sp³-hybridized carbons (Fsp3) is 0.667. The molecule has 1 unspecified atom stereocenters. The Morgan fingerprint density at radius 1 is 1.71 bits per heavy atom. The normalized spacial score (nSPS) is 13.1. The Labute approximate surface area is 88.5 Å². The second-order valence-corrected chi connectivity index (χ2v) is 4.34. The minimum Gasteiger partial charge on any atom is -0.379 e. The summed E-state index contributed by atoms with van der Waals surface area (Å²) in [5.41, 5.74) is 2.74. The molecule has 0 aromatic carbocycles. The molecule has 0 aliphatic carbocycles. The van der Waals surface area contributed by atoms with Gasteiger partial charge in [0.05, 0.1) is 17.7 Å².